The molecule has 2 aliphatic heterocycles. The molecule has 0 amide bonds. The first-order valence-electron chi connectivity index (χ1n) is 9.35. The predicted molar refractivity (Wildman–Crippen MR) is 115 cm³/mol. The van der Waals surface area contributed by atoms with Crippen LogP contribution >= 0.6 is 24.0 Å². The number of nitrogens with zero attached hydrogens (tertiary/aromatic N) is 3. The second-order valence-electron chi connectivity index (χ2n) is 7.12. The van der Waals surface area contributed by atoms with Gasteiger partial charge in [0.25, 0.3) is 0 Å². The zero-order valence-electron chi connectivity index (χ0n) is 15.0. The van der Waals surface area contributed by atoms with Crippen molar-refractivity contribution in [1.29, 1.82) is 0 Å². The fraction of sp³-hybridized carbons (Fsp3) is 0.550. The Balaban J connectivity index is 0.00000182. The summed E-state index contributed by atoms with van der Waals surface area (Å²) >= 11 is 0. The van der Waals surface area contributed by atoms with Crippen molar-refractivity contribution in [3.63, 3.8) is 0 Å². The number of guanidine groups is 1. The minimum absolute atomic E-state index is 0. The van der Waals surface area contributed by atoms with Gasteiger partial charge in [0, 0.05) is 50.7 Å². The van der Waals surface area contributed by atoms with Crippen molar-refractivity contribution >= 4 is 29.9 Å². The molecule has 2 fully saturated rings. The molecule has 1 N–H and O–H groups in total. The third kappa shape index (κ3) is 4.37. The smallest absolute Gasteiger partial charge is 0.194 e. The highest BCUT2D eigenvalue weighted by Gasteiger charge is 2.40. The van der Waals surface area contributed by atoms with Gasteiger partial charge in [-0.2, -0.15) is 0 Å². The zero-order chi connectivity index (χ0) is 16.4. The Hall–Kier alpha value is -1.08. The lowest BCUT2D eigenvalue weighted by Crippen LogP contribution is -2.44. The molecule has 1 saturated carbocycles. The van der Waals surface area contributed by atoms with Crippen LogP contribution in [0.3, 0.4) is 0 Å². The van der Waals surface area contributed by atoms with Crippen LogP contribution in [0.15, 0.2) is 47.5 Å². The van der Waals surface area contributed by atoms with E-state index in [-0.39, 0.29) is 24.0 Å². The normalized spacial score (nSPS) is 28.9. The van der Waals surface area contributed by atoms with Crippen molar-refractivity contribution in [3.8, 4) is 0 Å². The molecule has 1 aliphatic carbocycles. The number of hydrogen-bond acceptors (Lipinski definition) is 2. The molecule has 1 aromatic carbocycles. The fourth-order valence-corrected chi connectivity index (χ4v) is 4.00. The highest BCUT2D eigenvalue weighted by molar-refractivity contribution is 14.0. The Morgan fingerprint density at radius 2 is 1.96 bits per heavy atom. The second kappa shape index (κ2) is 8.54. The van der Waals surface area contributed by atoms with Gasteiger partial charge in [0.15, 0.2) is 5.96 Å². The number of rotatable bonds is 4. The van der Waals surface area contributed by atoms with Crippen LogP contribution in [0.5, 0.6) is 0 Å². The van der Waals surface area contributed by atoms with Gasteiger partial charge in [-0.1, -0.05) is 42.5 Å². The molecule has 0 bridgehead atoms. The Morgan fingerprint density at radius 3 is 2.68 bits per heavy atom. The van der Waals surface area contributed by atoms with Crippen molar-refractivity contribution in [3.05, 3.63) is 48.0 Å². The topological polar surface area (TPSA) is 30.9 Å². The van der Waals surface area contributed by atoms with Crippen molar-refractivity contribution in [2.75, 3.05) is 32.7 Å². The molecule has 1 aromatic rings. The maximum absolute atomic E-state index is 4.77. The summed E-state index contributed by atoms with van der Waals surface area (Å²) < 4.78 is 0. The number of benzene rings is 1. The van der Waals surface area contributed by atoms with Gasteiger partial charge in [-0.25, -0.2) is 0 Å². The summed E-state index contributed by atoms with van der Waals surface area (Å²) in [6, 6.07) is 12.1. The van der Waals surface area contributed by atoms with Gasteiger partial charge < -0.3 is 10.2 Å². The first-order valence-corrected chi connectivity index (χ1v) is 9.35. The molecule has 0 spiro atoms. The maximum atomic E-state index is 4.77. The number of likely N-dealkylation sites (tertiary alicyclic amines) is 1. The van der Waals surface area contributed by atoms with E-state index < -0.39 is 0 Å². The van der Waals surface area contributed by atoms with Crippen LogP contribution in [0.4, 0.5) is 0 Å². The van der Waals surface area contributed by atoms with E-state index >= 15 is 0 Å². The molecule has 4 nitrogen and oxygen atoms in total. The van der Waals surface area contributed by atoms with Crippen LogP contribution in [0.2, 0.25) is 0 Å². The van der Waals surface area contributed by atoms with Crippen molar-refractivity contribution < 1.29 is 0 Å². The van der Waals surface area contributed by atoms with Crippen molar-refractivity contribution in [2.45, 2.75) is 37.8 Å². The predicted octanol–water partition coefficient (Wildman–Crippen LogP) is 3.07. The van der Waals surface area contributed by atoms with Crippen molar-refractivity contribution in [1.82, 2.24) is 15.1 Å². The molecule has 0 radical (unpaired) electrons. The SMILES string of the molecule is CCN=C(NC1CC1c1ccccc1)N1CCC(N2CC=CC2)C1.I. The minimum Gasteiger partial charge on any atom is -0.353 e. The van der Waals surface area contributed by atoms with Gasteiger partial charge in [-0.15, -0.1) is 24.0 Å². The van der Waals surface area contributed by atoms with E-state index in [0.29, 0.717) is 18.0 Å². The van der Waals surface area contributed by atoms with Crippen LogP contribution in [-0.2, 0) is 0 Å². The third-order valence-corrected chi connectivity index (χ3v) is 5.47. The summed E-state index contributed by atoms with van der Waals surface area (Å²) in [7, 11) is 0. The molecule has 25 heavy (non-hydrogen) atoms. The molecule has 3 aliphatic rings. The summed E-state index contributed by atoms with van der Waals surface area (Å²) in [4.78, 5) is 9.81. The number of aliphatic imine (C=N–C) groups is 1. The molecule has 136 valence electrons. The molecule has 4 rings (SSSR count). The van der Waals surface area contributed by atoms with Crippen LogP contribution in [0, 0.1) is 0 Å². The summed E-state index contributed by atoms with van der Waals surface area (Å²) in [5.74, 6) is 1.77. The second-order valence-corrected chi connectivity index (χ2v) is 7.12. The lowest BCUT2D eigenvalue weighted by Gasteiger charge is -2.25. The van der Waals surface area contributed by atoms with E-state index in [1.165, 1.54) is 18.4 Å². The van der Waals surface area contributed by atoms with E-state index in [2.05, 4.69) is 64.5 Å². The number of hydrogen-bond donors (Lipinski definition) is 1. The van der Waals surface area contributed by atoms with E-state index in [1.807, 2.05) is 0 Å². The standard InChI is InChI=1S/C20H28N4.HI/c1-2-21-20(22-19-14-18(19)16-8-4-3-5-9-16)24-13-10-17(15-24)23-11-6-7-12-23;/h3-9,17-19H,2,10-15H2,1H3,(H,21,22);1H. The van der Waals surface area contributed by atoms with Gasteiger partial charge in [-0.05, 0) is 25.3 Å². The van der Waals surface area contributed by atoms with E-state index in [0.717, 1.165) is 38.7 Å². The van der Waals surface area contributed by atoms with Crippen LogP contribution < -0.4 is 5.32 Å². The fourth-order valence-electron chi connectivity index (χ4n) is 4.00. The maximum Gasteiger partial charge on any atom is 0.194 e. The molecule has 3 atom stereocenters. The lowest BCUT2D eigenvalue weighted by atomic mass is 10.1. The van der Waals surface area contributed by atoms with Gasteiger partial charge in [0.1, 0.15) is 0 Å². The highest BCUT2D eigenvalue weighted by Crippen LogP contribution is 2.40. The molecular weight excluding hydrogens is 423 g/mol. The van der Waals surface area contributed by atoms with Crippen LogP contribution in [-0.4, -0.2) is 60.6 Å². The average molecular weight is 452 g/mol. The van der Waals surface area contributed by atoms with E-state index in [9.17, 15) is 0 Å². The lowest BCUT2D eigenvalue weighted by molar-refractivity contribution is 0.259. The number of nitrogens with one attached hydrogen (secondary N) is 1. The molecule has 5 heteroatoms. The highest BCUT2D eigenvalue weighted by atomic mass is 127. The van der Waals surface area contributed by atoms with Gasteiger partial charge in [-0.3, -0.25) is 9.89 Å². The van der Waals surface area contributed by atoms with Gasteiger partial charge in [0.2, 0.25) is 0 Å². The molecule has 2 heterocycles. The first kappa shape index (κ1) is 18.7. The summed E-state index contributed by atoms with van der Waals surface area (Å²) in [5.41, 5.74) is 1.45. The van der Waals surface area contributed by atoms with Gasteiger partial charge >= 0.3 is 0 Å². The third-order valence-electron chi connectivity index (χ3n) is 5.47. The van der Waals surface area contributed by atoms with Crippen molar-refractivity contribution in [2.24, 2.45) is 4.99 Å². The zero-order valence-corrected chi connectivity index (χ0v) is 17.3. The molecule has 1 saturated heterocycles. The summed E-state index contributed by atoms with van der Waals surface area (Å²) in [6.07, 6.45) is 7.05. The Kier molecular flexibility index (Phi) is 6.39. The molecule has 0 aromatic heterocycles. The van der Waals surface area contributed by atoms with E-state index in [4.69, 9.17) is 4.99 Å². The van der Waals surface area contributed by atoms with Crippen LogP contribution in [0.25, 0.3) is 0 Å². The number of halogens is 1. The molecule has 3 unspecified atom stereocenters. The summed E-state index contributed by atoms with van der Waals surface area (Å²) in [5, 5.41) is 3.74. The monoisotopic (exact) mass is 452 g/mol. The molecular formula is C20H29IN4. The average Bonchev–Trinajstić information content (AvgIpc) is 3.04. The summed E-state index contributed by atoms with van der Waals surface area (Å²) in [6.45, 7) is 7.43. The largest absolute Gasteiger partial charge is 0.353 e. The van der Waals surface area contributed by atoms with Gasteiger partial charge in [0.05, 0.1) is 0 Å². The Morgan fingerprint density at radius 1 is 1.20 bits per heavy atom. The quantitative estimate of drug-likeness (QED) is 0.330. The van der Waals surface area contributed by atoms with Crippen LogP contribution in [0.1, 0.15) is 31.2 Å². The minimum atomic E-state index is 0. The Bertz CT molecular complexity index is 607. The Labute approximate surface area is 168 Å². The van der Waals surface area contributed by atoms with E-state index in [1.54, 1.807) is 0 Å². The first-order chi connectivity index (χ1) is 11.8.